The van der Waals surface area contributed by atoms with Gasteiger partial charge in [0.1, 0.15) is 0 Å². The number of aliphatic hydroxyl groups excluding tert-OH is 1. The minimum atomic E-state index is -1.01. The van der Waals surface area contributed by atoms with Gasteiger partial charge in [-0.3, -0.25) is 4.79 Å². The van der Waals surface area contributed by atoms with Gasteiger partial charge in [-0.15, -0.1) is 0 Å². The standard InChI is InChI=1S/C10H14N2O3/c11-7-1-3-8(4-2-7)12-6-9(13)5-10(14)15/h1-4,9,12-13H,5-6,11H2,(H,14,15). The zero-order chi connectivity index (χ0) is 11.3. The van der Waals surface area contributed by atoms with Crippen LogP contribution >= 0.6 is 0 Å². The summed E-state index contributed by atoms with van der Waals surface area (Å²) >= 11 is 0. The highest BCUT2D eigenvalue weighted by Crippen LogP contribution is 2.10. The van der Waals surface area contributed by atoms with Crippen molar-refractivity contribution in [2.75, 3.05) is 17.6 Å². The molecule has 0 heterocycles. The molecule has 0 saturated carbocycles. The number of carboxylic acid groups (broad SMARTS) is 1. The first kappa shape index (κ1) is 11.3. The molecule has 1 unspecified atom stereocenters. The SMILES string of the molecule is Nc1ccc(NCC(O)CC(=O)O)cc1. The van der Waals surface area contributed by atoms with Crippen molar-refractivity contribution in [1.82, 2.24) is 0 Å². The fourth-order valence-corrected chi connectivity index (χ4v) is 1.11. The molecule has 0 spiro atoms. The summed E-state index contributed by atoms with van der Waals surface area (Å²) in [5.41, 5.74) is 6.95. The summed E-state index contributed by atoms with van der Waals surface area (Å²) in [4.78, 5) is 10.3. The van der Waals surface area contributed by atoms with Gasteiger partial charge in [0.2, 0.25) is 0 Å². The summed E-state index contributed by atoms with van der Waals surface area (Å²) in [5.74, 6) is -1.01. The Kier molecular flexibility index (Phi) is 3.93. The number of aliphatic carboxylic acids is 1. The summed E-state index contributed by atoms with van der Waals surface area (Å²) in [5, 5.41) is 20.6. The fraction of sp³-hybridized carbons (Fsp3) is 0.300. The lowest BCUT2D eigenvalue weighted by Gasteiger charge is -2.10. The first-order valence-electron chi connectivity index (χ1n) is 4.57. The number of hydrogen-bond donors (Lipinski definition) is 4. The molecule has 0 aliphatic carbocycles. The highest BCUT2D eigenvalue weighted by atomic mass is 16.4. The third-order valence-electron chi connectivity index (χ3n) is 1.86. The molecule has 15 heavy (non-hydrogen) atoms. The van der Waals surface area contributed by atoms with E-state index in [0.29, 0.717) is 5.69 Å². The largest absolute Gasteiger partial charge is 0.481 e. The Morgan fingerprint density at radius 3 is 2.53 bits per heavy atom. The van der Waals surface area contributed by atoms with Crippen LogP contribution in [0.15, 0.2) is 24.3 Å². The van der Waals surface area contributed by atoms with E-state index in [1.165, 1.54) is 0 Å². The van der Waals surface area contributed by atoms with Gasteiger partial charge in [0.05, 0.1) is 12.5 Å². The Hall–Kier alpha value is -1.75. The van der Waals surface area contributed by atoms with Crippen molar-refractivity contribution in [3.63, 3.8) is 0 Å². The Bertz CT molecular complexity index is 324. The number of carboxylic acids is 1. The molecule has 0 fully saturated rings. The van der Waals surface area contributed by atoms with Crippen molar-refractivity contribution in [2.24, 2.45) is 0 Å². The van der Waals surface area contributed by atoms with E-state index in [0.717, 1.165) is 5.69 Å². The van der Waals surface area contributed by atoms with Crippen LogP contribution in [0, 0.1) is 0 Å². The first-order valence-corrected chi connectivity index (χ1v) is 4.57. The summed E-state index contributed by atoms with van der Waals surface area (Å²) in [7, 11) is 0. The van der Waals surface area contributed by atoms with Gasteiger partial charge < -0.3 is 21.3 Å². The summed E-state index contributed by atoms with van der Waals surface area (Å²) < 4.78 is 0. The van der Waals surface area contributed by atoms with Crippen molar-refractivity contribution in [1.29, 1.82) is 0 Å². The van der Waals surface area contributed by atoms with E-state index in [4.69, 9.17) is 10.8 Å². The van der Waals surface area contributed by atoms with Crippen LogP contribution in [0.1, 0.15) is 6.42 Å². The molecule has 0 saturated heterocycles. The van der Waals surface area contributed by atoms with Crippen LogP contribution in [0.4, 0.5) is 11.4 Å². The van der Waals surface area contributed by atoms with Crippen molar-refractivity contribution in [3.05, 3.63) is 24.3 Å². The van der Waals surface area contributed by atoms with Crippen molar-refractivity contribution in [3.8, 4) is 0 Å². The highest BCUT2D eigenvalue weighted by molar-refractivity contribution is 5.67. The van der Waals surface area contributed by atoms with Crippen LogP contribution in [0.3, 0.4) is 0 Å². The van der Waals surface area contributed by atoms with Gasteiger partial charge in [-0.2, -0.15) is 0 Å². The number of benzene rings is 1. The van der Waals surface area contributed by atoms with E-state index in [9.17, 15) is 9.90 Å². The van der Waals surface area contributed by atoms with Gasteiger partial charge in [-0.05, 0) is 24.3 Å². The van der Waals surface area contributed by atoms with Crippen LogP contribution < -0.4 is 11.1 Å². The van der Waals surface area contributed by atoms with Crippen LogP contribution in [-0.4, -0.2) is 28.8 Å². The van der Waals surface area contributed by atoms with E-state index in [2.05, 4.69) is 5.32 Å². The predicted molar refractivity (Wildman–Crippen MR) is 57.6 cm³/mol. The second-order valence-electron chi connectivity index (χ2n) is 3.25. The third kappa shape index (κ3) is 4.33. The van der Waals surface area contributed by atoms with Crippen molar-refractivity contribution in [2.45, 2.75) is 12.5 Å². The number of hydrogen-bond acceptors (Lipinski definition) is 4. The van der Waals surface area contributed by atoms with Crippen molar-refractivity contribution >= 4 is 17.3 Å². The molecule has 5 heteroatoms. The molecule has 1 atom stereocenters. The third-order valence-corrected chi connectivity index (χ3v) is 1.86. The maximum absolute atomic E-state index is 10.3. The lowest BCUT2D eigenvalue weighted by atomic mass is 10.2. The molecule has 5 N–H and O–H groups in total. The summed E-state index contributed by atoms with van der Waals surface area (Å²) in [6.07, 6.45) is -1.15. The van der Waals surface area contributed by atoms with Gasteiger partial charge >= 0.3 is 5.97 Å². The highest BCUT2D eigenvalue weighted by Gasteiger charge is 2.08. The number of rotatable bonds is 5. The average Bonchev–Trinajstić information content (AvgIpc) is 2.16. The fourth-order valence-electron chi connectivity index (χ4n) is 1.11. The van der Waals surface area contributed by atoms with Gasteiger partial charge in [0, 0.05) is 17.9 Å². The monoisotopic (exact) mass is 210 g/mol. The second-order valence-corrected chi connectivity index (χ2v) is 3.25. The summed E-state index contributed by atoms with van der Waals surface area (Å²) in [6, 6.07) is 6.99. The maximum Gasteiger partial charge on any atom is 0.306 e. The number of carbonyl (C=O) groups is 1. The van der Waals surface area contributed by atoms with Gasteiger partial charge in [-0.1, -0.05) is 0 Å². The topological polar surface area (TPSA) is 95.6 Å². The van der Waals surface area contributed by atoms with Crippen LogP contribution in [-0.2, 0) is 4.79 Å². The molecule has 0 bridgehead atoms. The molecular weight excluding hydrogens is 196 g/mol. The molecule has 0 aliphatic heterocycles. The molecular formula is C10H14N2O3. The minimum absolute atomic E-state index is 0.205. The molecule has 1 rings (SSSR count). The lowest BCUT2D eigenvalue weighted by molar-refractivity contribution is -0.138. The quantitative estimate of drug-likeness (QED) is 0.531. The minimum Gasteiger partial charge on any atom is -0.481 e. The summed E-state index contributed by atoms with van der Waals surface area (Å²) in [6.45, 7) is 0.205. The maximum atomic E-state index is 10.3. The molecule has 5 nitrogen and oxygen atoms in total. The molecule has 0 aliphatic rings. The number of nitrogen functional groups attached to an aromatic ring is 1. The number of aliphatic hydroxyl groups is 1. The Morgan fingerprint density at radius 2 is 2.00 bits per heavy atom. The normalized spacial score (nSPS) is 12.1. The van der Waals surface area contributed by atoms with Gasteiger partial charge in [0.15, 0.2) is 0 Å². The van der Waals surface area contributed by atoms with E-state index in [1.54, 1.807) is 24.3 Å². The molecule has 1 aromatic rings. The molecule has 82 valence electrons. The molecule has 1 aromatic carbocycles. The van der Waals surface area contributed by atoms with E-state index >= 15 is 0 Å². The predicted octanol–water partition coefficient (Wildman–Crippen LogP) is 0.516. The zero-order valence-corrected chi connectivity index (χ0v) is 8.18. The van der Waals surface area contributed by atoms with Crippen LogP contribution in [0.5, 0.6) is 0 Å². The van der Waals surface area contributed by atoms with Gasteiger partial charge in [-0.25, -0.2) is 0 Å². The van der Waals surface area contributed by atoms with Crippen LogP contribution in [0.2, 0.25) is 0 Å². The zero-order valence-electron chi connectivity index (χ0n) is 8.18. The molecule has 0 aromatic heterocycles. The van der Waals surface area contributed by atoms with E-state index in [1.807, 2.05) is 0 Å². The second kappa shape index (κ2) is 5.21. The lowest BCUT2D eigenvalue weighted by Crippen LogP contribution is -2.22. The number of nitrogens with two attached hydrogens (primary N) is 1. The van der Waals surface area contributed by atoms with E-state index < -0.39 is 12.1 Å². The Labute approximate surface area is 87.5 Å². The number of nitrogens with one attached hydrogen (secondary N) is 1. The Morgan fingerprint density at radius 1 is 1.40 bits per heavy atom. The number of anilines is 2. The average molecular weight is 210 g/mol. The van der Waals surface area contributed by atoms with Crippen LogP contribution in [0.25, 0.3) is 0 Å². The van der Waals surface area contributed by atoms with E-state index in [-0.39, 0.29) is 13.0 Å². The first-order chi connectivity index (χ1) is 7.08. The molecule has 0 amide bonds. The van der Waals surface area contributed by atoms with Gasteiger partial charge in [0.25, 0.3) is 0 Å². The molecule has 0 radical (unpaired) electrons. The smallest absolute Gasteiger partial charge is 0.306 e. The Balaban J connectivity index is 2.36. The van der Waals surface area contributed by atoms with Crippen molar-refractivity contribution < 1.29 is 15.0 Å².